The minimum absolute atomic E-state index is 0.220. The van der Waals surface area contributed by atoms with Gasteiger partial charge < -0.3 is 14.5 Å². The van der Waals surface area contributed by atoms with E-state index in [1.54, 1.807) is 26.6 Å². The third-order valence-corrected chi connectivity index (χ3v) is 5.02. The number of fused-ring (bicyclic) bond motifs is 1. The highest BCUT2D eigenvalue weighted by molar-refractivity contribution is 5.80. The van der Waals surface area contributed by atoms with Crippen LogP contribution in [0.5, 0.6) is 11.5 Å². The van der Waals surface area contributed by atoms with E-state index in [0.29, 0.717) is 40.5 Å². The van der Waals surface area contributed by atoms with Crippen LogP contribution in [0.4, 0.5) is 0 Å². The number of H-pyrrole nitrogens is 1. The van der Waals surface area contributed by atoms with Gasteiger partial charge in [0, 0.05) is 24.4 Å². The number of rotatable bonds is 5. The topological polar surface area (TPSA) is 94.9 Å². The first kappa shape index (κ1) is 20.6. The zero-order valence-corrected chi connectivity index (χ0v) is 18.3. The lowest BCUT2D eigenvalue weighted by atomic mass is 10.1. The molecule has 8 heteroatoms. The van der Waals surface area contributed by atoms with Crippen molar-refractivity contribution in [2.75, 3.05) is 14.2 Å². The SMILES string of the molecule is COc1ccc(Cc2nn(C(C)(C)C)c3nc(-c4ccncc4)[nH]c(=O)c23)cc1OC. The molecule has 1 aromatic carbocycles. The molecule has 3 heterocycles. The zero-order valence-electron chi connectivity index (χ0n) is 18.3. The summed E-state index contributed by atoms with van der Waals surface area (Å²) in [7, 11) is 3.20. The van der Waals surface area contributed by atoms with Crippen LogP contribution in [-0.2, 0) is 12.0 Å². The van der Waals surface area contributed by atoms with Crippen LogP contribution in [0.2, 0.25) is 0 Å². The second-order valence-corrected chi connectivity index (χ2v) is 8.24. The molecule has 0 saturated heterocycles. The van der Waals surface area contributed by atoms with Gasteiger partial charge in [0.05, 0.1) is 25.5 Å². The van der Waals surface area contributed by atoms with Gasteiger partial charge in [0.1, 0.15) is 11.2 Å². The van der Waals surface area contributed by atoms with E-state index in [-0.39, 0.29) is 11.1 Å². The fourth-order valence-electron chi connectivity index (χ4n) is 3.51. The van der Waals surface area contributed by atoms with Gasteiger partial charge >= 0.3 is 0 Å². The maximum atomic E-state index is 13.1. The first-order chi connectivity index (χ1) is 14.8. The summed E-state index contributed by atoms with van der Waals surface area (Å²) < 4.78 is 12.6. The lowest BCUT2D eigenvalue weighted by Crippen LogP contribution is -2.24. The Balaban J connectivity index is 1.88. The van der Waals surface area contributed by atoms with Crippen LogP contribution in [-0.4, -0.2) is 39.0 Å². The Labute approximate surface area is 179 Å². The summed E-state index contributed by atoms with van der Waals surface area (Å²) in [6, 6.07) is 9.31. The lowest BCUT2D eigenvalue weighted by molar-refractivity contribution is 0.354. The quantitative estimate of drug-likeness (QED) is 0.532. The summed E-state index contributed by atoms with van der Waals surface area (Å²) in [5.74, 6) is 1.77. The van der Waals surface area contributed by atoms with E-state index in [0.717, 1.165) is 11.1 Å². The molecule has 4 aromatic rings. The van der Waals surface area contributed by atoms with Crippen LogP contribution in [0.1, 0.15) is 32.0 Å². The number of nitrogens with one attached hydrogen (secondary N) is 1. The maximum absolute atomic E-state index is 13.1. The van der Waals surface area contributed by atoms with Gasteiger partial charge in [-0.3, -0.25) is 9.78 Å². The Bertz CT molecular complexity index is 1290. The molecule has 160 valence electrons. The number of methoxy groups -OCH3 is 2. The summed E-state index contributed by atoms with van der Waals surface area (Å²) in [5.41, 5.74) is 2.38. The van der Waals surface area contributed by atoms with E-state index in [9.17, 15) is 4.79 Å². The summed E-state index contributed by atoms with van der Waals surface area (Å²) in [4.78, 5) is 24.8. The Hall–Kier alpha value is -3.68. The summed E-state index contributed by atoms with van der Waals surface area (Å²) in [6.45, 7) is 6.11. The van der Waals surface area contributed by atoms with Crippen LogP contribution in [0.15, 0.2) is 47.5 Å². The Morgan fingerprint density at radius 2 is 1.74 bits per heavy atom. The Kier molecular flexibility index (Phi) is 5.22. The molecule has 0 spiro atoms. The lowest BCUT2D eigenvalue weighted by Gasteiger charge is -2.19. The van der Waals surface area contributed by atoms with Gasteiger partial charge in [-0.25, -0.2) is 9.67 Å². The van der Waals surface area contributed by atoms with Crippen LogP contribution in [0, 0.1) is 0 Å². The molecule has 0 bridgehead atoms. The monoisotopic (exact) mass is 419 g/mol. The van der Waals surface area contributed by atoms with Crippen molar-refractivity contribution < 1.29 is 9.47 Å². The van der Waals surface area contributed by atoms with Crippen LogP contribution >= 0.6 is 0 Å². The third-order valence-electron chi connectivity index (χ3n) is 5.02. The van der Waals surface area contributed by atoms with Crippen LogP contribution in [0.25, 0.3) is 22.4 Å². The van der Waals surface area contributed by atoms with Crippen molar-refractivity contribution in [1.29, 1.82) is 0 Å². The van der Waals surface area contributed by atoms with Crippen molar-refractivity contribution in [1.82, 2.24) is 24.7 Å². The first-order valence-electron chi connectivity index (χ1n) is 9.95. The standard InChI is InChI=1S/C23H25N5O3/c1-23(2,3)28-21-19(22(29)26-20(25-21)15-8-10-24-11-9-15)16(27-28)12-14-6-7-17(30-4)18(13-14)31-5/h6-11,13H,12H2,1-5H3,(H,25,26,29). The number of benzene rings is 1. The van der Waals surface area contributed by atoms with E-state index >= 15 is 0 Å². The first-order valence-corrected chi connectivity index (χ1v) is 9.95. The number of pyridine rings is 1. The van der Waals surface area contributed by atoms with Crippen molar-refractivity contribution >= 4 is 11.0 Å². The molecule has 8 nitrogen and oxygen atoms in total. The van der Waals surface area contributed by atoms with E-state index in [4.69, 9.17) is 19.6 Å². The fourth-order valence-corrected chi connectivity index (χ4v) is 3.51. The fraction of sp³-hybridized carbons (Fsp3) is 0.304. The number of aromatic nitrogens is 5. The third kappa shape index (κ3) is 3.88. The van der Waals surface area contributed by atoms with Gasteiger partial charge in [-0.05, 0) is 50.6 Å². The molecule has 0 aliphatic carbocycles. The molecular weight excluding hydrogens is 394 g/mol. The normalized spacial score (nSPS) is 11.6. The molecular formula is C23H25N5O3. The van der Waals surface area contributed by atoms with Gasteiger partial charge in [-0.2, -0.15) is 5.10 Å². The van der Waals surface area contributed by atoms with Gasteiger partial charge in [-0.15, -0.1) is 0 Å². The highest BCUT2D eigenvalue weighted by atomic mass is 16.5. The highest BCUT2D eigenvalue weighted by Crippen LogP contribution is 2.30. The number of aromatic amines is 1. The van der Waals surface area contributed by atoms with Gasteiger partial charge in [0.15, 0.2) is 17.1 Å². The van der Waals surface area contributed by atoms with Crippen molar-refractivity contribution in [3.8, 4) is 22.9 Å². The highest BCUT2D eigenvalue weighted by Gasteiger charge is 2.24. The number of hydrogen-bond acceptors (Lipinski definition) is 6. The molecule has 0 aliphatic heterocycles. The minimum atomic E-state index is -0.357. The molecule has 1 N–H and O–H groups in total. The van der Waals surface area contributed by atoms with Gasteiger partial charge in [0.25, 0.3) is 5.56 Å². The smallest absolute Gasteiger partial charge is 0.262 e. The van der Waals surface area contributed by atoms with Crippen molar-refractivity contribution in [3.63, 3.8) is 0 Å². The molecule has 0 atom stereocenters. The summed E-state index contributed by atoms with van der Waals surface area (Å²) >= 11 is 0. The maximum Gasteiger partial charge on any atom is 0.262 e. The van der Waals surface area contributed by atoms with Gasteiger partial charge in [0.2, 0.25) is 0 Å². The molecule has 0 aliphatic rings. The number of nitrogens with zero attached hydrogens (tertiary/aromatic N) is 4. The summed E-state index contributed by atoms with van der Waals surface area (Å²) in [6.07, 6.45) is 3.80. The second kappa shape index (κ2) is 7.86. The summed E-state index contributed by atoms with van der Waals surface area (Å²) in [5, 5.41) is 5.29. The van der Waals surface area contributed by atoms with Crippen molar-refractivity contribution in [2.24, 2.45) is 0 Å². The molecule has 0 saturated carbocycles. The average Bonchev–Trinajstić information content (AvgIpc) is 3.13. The van der Waals surface area contributed by atoms with Crippen molar-refractivity contribution in [2.45, 2.75) is 32.7 Å². The minimum Gasteiger partial charge on any atom is -0.493 e. The Morgan fingerprint density at radius 1 is 1.03 bits per heavy atom. The van der Waals surface area contributed by atoms with Crippen LogP contribution in [0.3, 0.4) is 0 Å². The average molecular weight is 419 g/mol. The molecule has 0 amide bonds. The molecule has 4 rings (SSSR count). The number of hydrogen-bond donors (Lipinski definition) is 1. The molecule has 0 radical (unpaired) electrons. The van der Waals surface area contributed by atoms with E-state index < -0.39 is 0 Å². The molecule has 3 aromatic heterocycles. The van der Waals surface area contributed by atoms with E-state index in [2.05, 4.69) is 9.97 Å². The van der Waals surface area contributed by atoms with E-state index in [1.807, 2.05) is 55.8 Å². The molecule has 31 heavy (non-hydrogen) atoms. The zero-order chi connectivity index (χ0) is 22.2. The van der Waals surface area contributed by atoms with Crippen molar-refractivity contribution in [3.05, 3.63) is 64.3 Å². The predicted molar refractivity (Wildman–Crippen MR) is 119 cm³/mol. The Morgan fingerprint density at radius 3 is 2.39 bits per heavy atom. The second-order valence-electron chi connectivity index (χ2n) is 8.24. The largest absolute Gasteiger partial charge is 0.493 e. The molecule has 0 unspecified atom stereocenters. The predicted octanol–water partition coefficient (Wildman–Crippen LogP) is 3.54. The number of ether oxygens (including phenoxy) is 2. The molecule has 0 fully saturated rings. The van der Waals surface area contributed by atoms with Gasteiger partial charge in [-0.1, -0.05) is 6.07 Å². The van der Waals surface area contributed by atoms with E-state index in [1.165, 1.54) is 0 Å². The van der Waals surface area contributed by atoms with Crippen LogP contribution < -0.4 is 15.0 Å².